The SMILES string of the molecule is Cc1nn(C(C)(C)C)c2nc(N(CC3CC3)CC3CC3)c(CN(Cc3cc(C(F)(F)F)cc(C(F)(F)F)c3)c3ncc(C4CC4)cn3)cc12. The van der Waals surface area contributed by atoms with Gasteiger partial charge >= 0.3 is 12.4 Å². The third kappa shape index (κ3) is 7.65. The highest BCUT2D eigenvalue weighted by molar-refractivity contribution is 5.82. The number of halogens is 6. The highest BCUT2D eigenvalue weighted by atomic mass is 19.4. The quantitative estimate of drug-likeness (QED) is 0.147. The van der Waals surface area contributed by atoms with Gasteiger partial charge in [-0.05, 0) is 119 Å². The van der Waals surface area contributed by atoms with Crippen LogP contribution in [0.2, 0.25) is 0 Å². The van der Waals surface area contributed by atoms with Crippen molar-refractivity contribution in [3.8, 4) is 0 Å². The Bertz CT molecular complexity index is 1780. The van der Waals surface area contributed by atoms with E-state index in [1.807, 2.05) is 17.7 Å². The predicted octanol–water partition coefficient (Wildman–Crippen LogP) is 9.03. The number of alkyl halides is 6. The number of aromatic nitrogens is 5. The van der Waals surface area contributed by atoms with Crippen LogP contribution in [0.1, 0.15) is 98.7 Å². The molecule has 0 unspecified atom stereocenters. The number of rotatable bonds is 11. The highest BCUT2D eigenvalue weighted by Crippen LogP contribution is 2.41. The lowest BCUT2D eigenvalue weighted by Crippen LogP contribution is -2.32. The van der Waals surface area contributed by atoms with Gasteiger partial charge in [-0.2, -0.15) is 31.4 Å². The second-order valence-electron chi connectivity index (χ2n) is 15.2. The molecule has 0 bridgehead atoms. The lowest BCUT2D eigenvalue weighted by molar-refractivity contribution is -0.143. The summed E-state index contributed by atoms with van der Waals surface area (Å²) in [7, 11) is 0. The van der Waals surface area contributed by atoms with E-state index in [1.54, 1.807) is 17.3 Å². The van der Waals surface area contributed by atoms with Gasteiger partial charge in [-0.25, -0.2) is 19.6 Å². The Hall–Kier alpha value is -3.90. The second kappa shape index (κ2) is 12.2. The second-order valence-corrected chi connectivity index (χ2v) is 15.2. The van der Waals surface area contributed by atoms with E-state index in [0.29, 0.717) is 17.8 Å². The zero-order valence-corrected chi connectivity index (χ0v) is 28.2. The van der Waals surface area contributed by atoms with E-state index in [1.165, 1.54) is 0 Å². The summed E-state index contributed by atoms with van der Waals surface area (Å²) < 4.78 is 85.2. The molecule has 3 aromatic heterocycles. The molecule has 1 aromatic carbocycles. The van der Waals surface area contributed by atoms with Gasteiger partial charge in [0.25, 0.3) is 0 Å². The fourth-order valence-electron chi connectivity index (χ4n) is 6.40. The van der Waals surface area contributed by atoms with Crippen molar-refractivity contribution in [3.05, 3.63) is 70.2 Å². The maximum atomic E-state index is 13.9. The fraction of sp³-hybridized carbons (Fsp3) is 0.556. The van der Waals surface area contributed by atoms with Gasteiger partial charge in [0.1, 0.15) is 5.82 Å². The van der Waals surface area contributed by atoms with E-state index in [4.69, 9.17) is 10.1 Å². The Balaban J connectivity index is 1.35. The summed E-state index contributed by atoms with van der Waals surface area (Å²) in [5.74, 6) is 2.47. The predicted molar refractivity (Wildman–Crippen MR) is 175 cm³/mol. The summed E-state index contributed by atoms with van der Waals surface area (Å²) in [6, 6.07) is 3.77. The molecule has 49 heavy (non-hydrogen) atoms. The molecule has 3 aliphatic carbocycles. The van der Waals surface area contributed by atoms with Crippen molar-refractivity contribution in [1.29, 1.82) is 0 Å². The van der Waals surface area contributed by atoms with Crippen molar-refractivity contribution in [2.75, 3.05) is 22.9 Å². The van der Waals surface area contributed by atoms with Crippen LogP contribution in [0.5, 0.6) is 0 Å². The van der Waals surface area contributed by atoms with E-state index >= 15 is 0 Å². The molecule has 7 nitrogen and oxygen atoms in total. The first-order valence-corrected chi connectivity index (χ1v) is 17.0. The zero-order valence-electron chi connectivity index (χ0n) is 28.2. The Labute approximate surface area is 281 Å². The molecule has 0 atom stereocenters. The van der Waals surface area contributed by atoms with E-state index in [2.05, 4.69) is 35.6 Å². The molecule has 0 N–H and O–H groups in total. The molecule has 0 aliphatic heterocycles. The third-order valence-electron chi connectivity index (χ3n) is 9.56. The third-order valence-corrected chi connectivity index (χ3v) is 9.56. The highest BCUT2D eigenvalue weighted by Gasteiger charge is 2.38. The van der Waals surface area contributed by atoms with Crippen molar-refractivity contribution in [1.82, 2.24) is 24.7 Å². The number of benzene rings is 1. The first-order chi connectivity index (χ1) is 23.0. The van der Waals surface area contributed by atoms with E-state index in [9.17, 15) is 26.3 Å². The first kappa shape index (κ1) is 33.6. The molecule has 3 aliphatic rings. The molecule has 7 rings (SSSR count). The van der Waals surface area contributed by atoms with Crippen molar-refractivity contribution >= 4 is 22.8 Å². The Morgan fingerprint density at radius 1 is 0.755 bits per heavy atom. The van der Waals surface area contributed by atoms with Gasteiger partial charge in [0.15, 0.2) is 5.65 Å². The first-order valence-electron chi connectivity index (χ1n) is 17.0. The Kier molecular flexibility index (Phi) is 8.33. The van der Waals surface area contributed by atoms with Crippen LogP contribution in [-0.4, -0.2) is 37.8 Å². The normalized spacial score (nSPS) is 17.2. The van der Waals surface area contributed by atoms with Gasteiger partial charge in [-0.1, -0.05) is 0 Å². The van der Waals surface area contributed by atoms with Crippen molar-refractivity contribution in [2.24, 2.45) is 11.8 Å². The van der Waals surface area contributed by atoms with Gasteiger partial charge in [0, 0.05) is 49.5 Å². The van der Waals surface area contributed by atoms with Crippen LogP contribution in [0.15, 0.2) is 36.7 Å². The molecule has 262 valence electrons. The maximum absolute atomic E-state index is 13.9. The van der Waals surface area contributed by atoms with Gasteiger partial charge in [0.05, 0.1) is 22.4 Å². The van der Waals surface area contributed by atoms with Crippen LogP contribution >= 0.6 is 0 Å². The van der Waals surface area contributed by atoms with Gasteiger partial charge in [-0.15, -0.1) is 0 Å². The minimum absolute atomic E-state index is 0.116. The Morgan fingerprint density at radius 3 is 1.82 bits per heavy atom. The van der Waals surface area contributed by atoms with Gasteiger partial charge in [0.2, 0.25) is 5.95 Å². The summed E-state index contributed by atoms with van der Waals surface area (Å²) in [6.45, 7) is 9.61. The maximum Gasteiger partial charge on any atom is 0.416 e. The molecule has 3 fully saturated rings. The van der Waals surface area contributed by atoms with E-state index in [0.717, 1.165) is 97.4 Å². The lowest BCUT2D eigenvalue weighted by atomic mass is 10.0. The van der Waals surface area contributed by atoms with Crippen LogP contribution in [0.3, 0.4) is 0 Å². The van der Waals surface area contributed by atoms with Crippen LogP contribution in [0.4, 0.5) is 38.1 Å². The number of fused-ring (bicyclic) bond motifs is 1. The molecule has 0 amide bonds. The number of anilines is 2. The van der Waals surface area contributed by atoms with Crippen LogP contribution in [-0.2, 0) is 31.0 Å². The number of aryl methyl sites for hydroxylation is 1. The van der Waals surface area contributed by atoms with Crippen molar-refractivity contribution < 1.29 is 26.3 Å². The number of hydrogen-bond donors (Lipinski definition) is 0. The molecule has 0 radical (unpaired) electrons. The molecule has 4 aromatic rings. The number of nitrogens with zero attached hydrogens (tertiary/aromatic N) is 7. The van der Waals surface area contributed by atoms with E-state index < -0.39 is 23.5 Å². The lowest BCUT2D eigenvalue weighted by Gasteiger charge is -2.30. The van der Waals surface area contributed by atoms with Crippen LogP contribution < -0.4 is 9.80 Å². The molecule has 13 heteroatoms. The van der Waals surface area contributed by atoms with Crippen molar-refractivity contribution in [2.45, 2.75) is 103 Å². The molecule has 0 saturated heterocycles. The average Bonchev–Trinajstić information content (AvgIpc) is 3.87. The minimum Gasteiger partial charge on any atom is -0.356 e. The summed E-state index contributed by atoms with van der Waals surface area (Å²) in [5.41, 5.74) is 0.0955. The molecular weight excluding hydrogens is 644 g/mol. The molecular formula is C36H41F6N7. The van der Waals surface area contributed by atoms with Gasteiger partial charge < -0.3 is 9.80 Å². The summed E-state index contributed by atoms with van der Waals surface area (Å²) in [6.07, 6.45) is 0.148. The molecule has 3 saturated carbocycles. The standard InChI is InChI=1S/C36H41F6N7/c1-21-30-13-26(31(45-32(30)49(46-21)34(2,3)4)47(17-22-5-6-22)18-23-7-8-23)20-48(33-43-15-27(16-44-33)25-9-10-25)19-24-11-28(35(37,38)39)14-29(12-24)36(40,41)42/h11-16,22-23,25H,5-10,17-20H2,1-4H3. The fourth-order valence-corrected chi connectivity index (χ4v) is 6.40. The van der Waals surface area contributed by atoms with Gasteiger partial charge in [-0.3, -0.25) is 0 Å². The largest absolute Gasteiger partial charge is 0.416 e. The summed E-state index contributed by atoms with van der Waals surface area (Å²) in [4.78, 5) is 18.5. The number of pyridine rings is 1. The average molecular weight is 686 g/mol. The summed E-state index contributed by atoms with van der Waals surface area (Å²) in [5, 5.41) is 5.68. The van der Waals surface area contributed by atoms with E-state index in [-0.39, 0.29) is 36.2 Å². The smallest absolute Gasteiger partial charge is 0.356 e. The minimum atomic E-state index is -4.96. The zero-order chi connectivity index (χ0) is 34.9. The summed E-state index contributed by atoms with van der Waals surface area (Å²) >= 11 is 0. The van der Waals surface area contributed by atoms with Crippen LogP contribution in [0, 0.1) is 18.8 Å². The number of hydrogen-bond acceptors (Lipinski definition) is 6. The molecule has 0 spiro atoms. The van der Waals surface area contributed by atoms with Crippen molar-refractivity contribution in [3.63, 3.8) is 0 Å². The topological polar surface area (TPSA) is 63.0 Å². The Morgan fingerprint density at radius 2 is 1.33 bits per heavy atom. The monoisotopic (exact) mass is 685 g/mol. The van der Waals surface area contributed by atoms with Crippen LogP contribution in [0.25, 0.3) is 11.0 Å². The molecule has 3 heterocycles.